The van der Waals surface area contributed by atoms with Crippen LogP contribution in [0.4, 0.5) is 0 Å². The number of methoxy groups -OCH3 is 3. The van der Waals surface area contributed by atoms with Crippen LogP contribution in [0.3, 0.4) is 0 Å². The number of fused-ring (bicyclic) bond motifs is 1. The Morgan fingerprint density at radius 1 is 0.875 bits per heavy atom. The van der Waals surface area contributed by atoms with Crippen molar-refractivity contribution in [3.63, 3.8) is 0 Å². The van der Waals surface area contributed by atoms with Crippen LogP contribution in [0, 0.1) is 6.92 Å². The number of rotatable bonds is 4. The molecule has 0 aliphatic rings. The van der Waals surface area contributed by atoms with Crippen LogP contribution < -0.4 is 19.6 Å². The molecule has 0 bridgehead atoms. The minimum absolute atomic E-state index is 0.103. The van der Waals surface area contributed by atoms with Gasteiger partial charge in [0.2, 0.25) is 5.43 Å². The largest absolute Gasteiger partial charge is 0.496 e. The monoisotopic (exact) mass is 326 g/mol. The van der Waals surface area contributed by atoms with Crippen molar-refractivity contribution < 1.29 is 18.6 Å². The van der Waals surface area contributed by atoms with Crippen molar-refractivity contribution in [2.75, 3.05) is 21.3 Å². The topological polar surface area (TPSA) is 57.9 Å². The molecule has 0 radical (unpaired) electrons. The zero-order valence-corrected chi connectivity index (χ0v) is 14.0. The summed E-state index contributed by atoms with van der Waals surface area (Å²) < 4.78 is 21.5. The summed E-state index contributed by atoms with van der Waals surface area (Å²) in [5.74, 6) is 1.84. The average Bonchev–Trinajstić information content (AvgIpc) is 2.62. The molecule has 5 nitrogen and oxygen atoms in total. The normalized spacial score (nSPS) is 10.7. The molecule has 0 aliphatic heterocycles. The molecule has 0 saturated carbocycles. The molecule has 24 heavy (non-hydrogen) atoms. The minimum atomic E-state index is -0.103. The summed E-state index contributed by atoms with van der Waals surface area (Å²) in [6.45, 7) is 1.86. The van der Waals surface area contributed by atoms with Crippen molar-refractivity contribution >= 4 is 11.0 Å². The van der Waals surface area contributed by atoms with Crippen LogP contribution in [-0.2, 0) is 0 Å². The van der Waals surface area contributed by atoms with E-state index in [1.165, 1.54) is 6.26 Å². The second-order valence-corrected chi connectivity index (χ2v) is 5.32. The predicted molar refractivity (Wildman–Crippen MR) is 92.3 cm³/mol. The Bertz CT molecular complexity index is 956. The molecular formula is C19H18O5. The standard InChI is InChI=1S/C19H18O5/c1-11-15(21-2)8-6-13-18(20)14(10-24-19(11)13)12-5-7-16(22-3)17(9-12)23-4/h5-10H,1-4H3. The van der Waals surface area contributed by atoms with E-state index in [1.54, 1.807) is 51.7 Å². The first-order valence-corrected chi connectivity index (χ1v) is 7.42. The molecule has 2 aromatic carbocycles. The van der Waals surface area contributed by atoms with Crippen LogP contribution >= 0.6 is 0 Å². The molecule has 0 unspecified atom stereocenters. The molecule has 0 fully saturated rings. The minimum Gasteiger partial charge on any atom is -0.496 e. The van der Waals surface area contributed by atoms with Gasteiger partial charge in [-0.25, -0.2) is 0 Å². The Kier molecular flexibility index (Phi) is 4.16. The summed E-state index contributed by atoms with van der Waals surface area (Å²) in [4.78, 5) is 12.9. The molecule has 5 heteroatoms. The average molecular weight is 326 g/mol. The maximum absolute atomic E-state index is 12.9. The van der Waals surface area contributed by atoms with Crippen LogP contribution in [0.15, 0.2) is 45.8 Å². The smallest absolute Gasteiger partial charge is 0.200 e. The number of benzene rings is 2. The van der Waals surface area contributed by atoms with Gasteiger partial charge in [0.15, 0.2) is 11.5 Å². The maximum Gasteiger partial charge on any atom is 0.200 e. The SMILES string of the molecule is COc1ccc(-c2coc3c(C)c(OC)ccc3c2=O)cc1OC. The van der Waals surface area contributed by atoms with Gasteiger partial charge in [-0.3, -0.25) is 4.79 Å². The highest BCUT2D eigenvalue weighted by molar-refractivity contribution is 5.85. The molecule has 0 N–H and O–H groups in total. The van der Waals surface area contributed by atoms with Crippen LogP contribution in [0.2, 0.25) is 0 Å². The Hall–Kier alpha value is -2.95. The number of hydrogen-bond acceptors (Lipinski definition) is 5. The first-order chi connectivity index (χ1) is 11.6. The fourth-order valence-corrected chi connectivity index (χ4v) is 2.74. The summed E-state index contributed by atoms with van der Waals surface area (Å²) in [5, 5.41) is 0.514. The van der Waals surface area contributed by atoms with E-state index < -0.39 is 0 Å². The number of ether oxygens (including phenoxy) is 3. The number of hydrogen-bond donors (Lipinski definition) is 0. The van der Waals surface area contributed by atoms with E-state index in [1.807, 2.05) is 6.92 Å². The molecule has 0 spiro atoms. The third-order valence-corrected chi connectivity index (χ3v) is 4.05. The van der Waals surface area contributed by atoms with Crippen molar-refractivity contribution in [3.05, 3.63) is 52.4 Å². The van der Waals surface area contributed by atoms with Crippen LogP contribution in [0.5, 0.6) is 17.2 Å². The van der Waals surface area contributed by atoms with Crippen molar-refractivity contribution in [3.8, 4) is 28.4 Å². The van der Waals surface area contributed by atoms with Crippen molar-refractivity contribution in [2.45, 2.75) is 6.92 Å². The van der Waals surface area contributed by atoms with Crippen molar-refractivity contribution in [1.82, 2.24) is 0 Å². The Morgan fingerprint density at radius 3 is 2.21 bits per heavy atom. The Labute approximate surface area is 139 Å². The first kappa shape index (κ1) is 15.9. The lowest BCUT2D eigenvalue weighted by molar-refractivity contribution is 0.355. The van der Waals surface area contributed by atoms with Crippen LogP contribution in [0.25, 0.3) is 22.1 Å². The molecule has 3 rings (SSSR count). The van der Waals surface area contributed by atoms with Gasteiger partial charge in [-0.1, -0.05) is 6.07 Å². The lowest BCUT2D eigenvalue weighted by Crippen LogP contribution is -2.06. The van der Waals surface area contributed by atoms with E-state index in [2.05, 4.69) is 0 Å². The second kappa shape index (κ2) is 6.28. The zero-order chi connectivity index (χ0) is 17.3. The van der Waals surface area contributed by atoms with Crippen LogP contribution in [-0.4, -0.2) is 21.3 Å². The molecule has 124 valence electrons. The summed E-state index contributed by atoms with van der Waals surface area (Å²) in [6, 6.07) is 8.81. The summed E-state index contributed by atoms with van der Waals surface area (Å²) >= 11 is 0. The first-order valence-electron chi connectivity index (χ1n) is 7.42. The van der Waals surface area contributed by atoms with E-state index in [4.69, 9.17) is 18.6 Å². The molecule has 0 amide bonds. The van der Waals surface area contributed by atoms with Gasteiger partial charge in [-0.2, -0.15) is 0 Å². The number of aryl methyl sites for hydroxylation is 1. The maximum atomic E-state index is 12.9. The van der Waals surface area contributed by atoms with Gasteiger partial charge in [0.05, 0.1) is 32.3 Å². The molecule has 0 saturated heterocycles. The lowest BCUT2D eigenvalue weighted by Gasteiger charge is -2.10. The fraction of sp³-hybridized carbons (Fsp3) is 0.211. The van der Waals surface area contributed by atoms with Gasteiger partial charge < -0.3 is 18.6 Å². The quantitative estimate of drug-likeness (QED) is 0.730. The lowest BCUT2D eigenvalue weighted by atomic mass is 10.0. The molecule has 1 aromatic heterocycles. The Morgan fingerprint density at radius 2 is 1.54 bits per heavy atom. The highest BCUT2D eigenvalue weighted by Crippen LogP contribution is 2.32. The van der Waals surface area contributed by atoms with Crippen molar-refractivity contribution in [2.24, 2.45) is 0 Å². The summed E-state index contributed by atoms with van der Waals surface area (Å²) in [5.41, 5.74) is 2.40. The molecule has 0 atom stereocenters. The highest BCUT2D eigenvalue weighted by atomic mass is 16.5. The second-order valence-electron chi connectivity index (χ2n) is 5.32. The van der Waals surface area contributed by atoms with E-state index >= 15 is 0 Å². The molecule has 3 aromatic rings. The predicted octanol–water partition coefficient (Wildman–Crippen LogP) is 3.79. The van der Waals surface area contributed by atoms with E-state index in [0.717, 1.165) is 5.56 Å². The highest BCUT2D eigenvalue weighted by Gasteiger charge is 2.14. The van der Waals surface area contributed by atoms with Gasteiger partial charge in [0, 0.05) is 5.56 Å². The van der Waals surface area contributed by atoms with E-state index in [-0.39, 0.29) is 5.43 Å². The van der Waals surface area contributed by atoms with Gasteiger partial charge >= 0.3 is 0 Å². The fourth-order valence-electron chi connectivity index (χ4n) is 2.74. The summed E-state index contributed by atoms with van der Waals surface area (Å²) in [7, 11) is 4.71. The van der Waals surface area contributed by atoms with Gasteiger partial charge in [0.1, 0.15) is 17.6 Å². The summed E-state index contributed by atoms with van der Waals surface area (Å²) in [6.07, 6.45) is 1.47. The van der Waals surface area contributed by atoms with Crippen molar-refractivity contribution in [1.29, 1.82) is 0 Å². The van der Waals surface area contributed by atoms with Gasteiger partial charge in [0.25, 0.3) is 0 Å². The molecule has 0 aliphatic carbocycles. The third kappa shape index (κ3) is 2.48. The van der Waals surface area contributed by atoms with E-state index in [0.29, 0.717) is 39.3 Å². The van der Waals surface area contributed by atoms with Gasteiger partial charge in [-0.05, 0) is 36.8 Å². The molecule has 1 heterocycles. The zero-order valence-electron chi connectivity index (χ0n) is 14.0. The van der Waals surface area contributed by atoms with Crippen LogP contribution in [0.1, 0.15) is 5.56 Å². The van der Waals surface area contributed by atoms with Gasteiger partial charge in [-0.15, -0.1) is 0 Å². The third-order valence-electron chi connectivity index (χ3n) is 4.05. The Balaban J connectivity index is 2.21. The van der Waals surface area contributed by atoms with E-state index in [9.17, 15) is 4.79 Å². The molecular weight excluding hydrogens is 308 g/mol.